The molecule has 1 nitrogen and oxygen atoms in total. The minimum absolute atomic E-state index is 0.730. The van der Waals surface area contributed by atoms with Crippen LogP contribution in [-0.2, 0) is 0 Å². The van der Waals surface area contributed by atoms with E-state index in [9.17, 15) is 0 Å². The molecular formula is C19H29N. The fourth-order valence-corrected chi connectivity index (χ4v) is 3.75. The normalized spacial score (nSPS) is 22.4. The topological polar surface area (TPSA) is 12.0 Å². The van der Waals surface area contributed by atoms with E-state index in [4.69, 9.17) is 0 Å². The second-order valence-electron chi connectivity index (χ2n) is 6.95. The van der Waals surface area contributed by atoms with E-state index in [0.717, 1.165) is 17.9 Å². The lowest BCUT2D eigenvalue weighted by Crippen LogP contribution is -2.28. The van der Waals surface area contributed by atoms with Gasteiger partial charge in [-0.2, -0.15) is 0 Å². The summed E-state index contributed by atoms with van der Waals surface area (Å²) in [5, 5.41) is 3.79. The fourth-order valence-electron chi connectivity index (χ4n) is 3.75. The van der Waals surface area contributed by atoms with Crippen LogP contribution in [0.3, 0.4) is 0 Å². The maximum absolute atomic E-state index is 3.79. The van der Waals surface area contributed by atoms with Crippen LogP contribution in [0.4, 0.5) is 0 Å². The van der Waals surface area contributed by atoms with Crippen LogP contribution in [0.5, 0.6) is 0 Å². The zero-order chi connectivity index (χ0) is 13.8. The summed E-state index contributed by atoms with van der Waals surface area (Å²) in [4.78, 5) is 0. The van der Waals surface area contributed by atoms with Gasteiger partial charge in [0.05, 0.1) is 0 Å². The second kappa shape index (κ2) is 6.76. The van der Waals surface area contributed by atoms with E-state index in [-0.39, 0.29) is 0 Å². The molecule has 110 valence electrons. The maximum Gasteiger partial charge on any atom is 0.00684 e. The number of rotatable bonds is 5. The van der Waals surface area contributed by atoms with Crippen molar-refractivity contribution in [3.63, 3.8) is 0 Å². The van der Waals surface area contributed by atoms with E-state index >= 15 is 0 Å². The highest BCUT2D eigenvalue weighted by Gasteiger charge is 2.27. The summed E-state index contributed by atoms with van der Waals surface area (Å²) in [6, 6.07) is 10.1. The van der Waals surface area contributed by atoms with Crippen LogP contribution in [0, 0.1) is 12.8 Å². The van der Waals surface area contributed by atoms with Crippen molar-refractivity contribution in [3.05, 3.63) is 35.4 Å². The summed E-state index contributed by atoms with van der Waals surface area (Å²) in [5.41, 5.74) is 2.98. The average molecular weight is 271 g/mol. The van der Waals surface area contributed by atoms with Crippen LogP contribution in [-0.4, -0.2) is 12.6 Å². The first kappa shape index (κ1) is 14.1. The molecule has 0 saturated heterocycles. The Morgan fingerprint density at radius 3 is 2.45 bits per heavy atom. The van der Waals surface area contributed by atoms with Crippen molar-refractivity contribution < 1.29 is 0 Å². The van der Waals surface area contributed by atoms with Gasteiger partial charge in [-0.25, -0.2) is 0 Å². The SMILES string of the molecule is Cc1cccc(C(CNC2CC2)C2CCCCCC2)c1. The molecule has 2 fully saturated rings. The van der Waals surface area contributed by atoms with Gasteiger partial charge in [-0.3, -0.25) is 0 Å². The molecule has 3 rings (SSSR count). The predicted molar refractivity (Wildman–Crippen MR) is 86.1 cm³/mol. The molecule has 0 amide bonds. The Bertz CT molecular complexity index is 414. The third-order valence-electron chi connectivity index (χ3n) is 5.14. The lowest BCUT2D eigenvalue weighted by molar-refractivity contribution is 0.360. The van der Waals surface area contributed by atoms with Gasteiger partial charge < -0.3 is 5.32 Å². The molecule has 0 bridgehead atoms. The van der Waals surface area contributed by atoms with E-state index in [2.05, 4.69) is 36.5 Å². The zero-order valence-electron chi connectivity index (χ0n) is 12.9. The van der Waals surface area contributed by atoms with Crippen molar-refractivity contribution in [2.75, 3.05) is 6.54 Å². The monoisotopic (exact) mass is 271 g/mol. The summed E-state index contributed by atoms with van der Waals surface area (Å²) < 4.78 is 0. The van der Waals surface area contributed by atoms with Gasteiger partial charge in [0.1, 0.15) is 0 Å². The molecule has 0 aliphatic heterocycles. The Balaban J connectivity index is 1.73. The summed E-state index contributed by atoms with van der Waals surface area (Å²) in [7, 11) is 0. The highest BCUT2D eigenvalue weighted by molar-refractivity contribution is 5.26. The standard InChI is InChI=1S/C19H29N/c1-15-7-6-10-17(13-15)19(14-20-18-11-12-18)16-8-4-2-3-5-9-16/h6-7,10,13,16,18-20H,2-5,8-9,11-12,14H2,1H3. The first-order chi connectivity index (χ1) is 9.83. The molecule has 1 aromatic rings. The number of aryl methyl sites for hydroxylation is 1. The summed E-state index contributed by atoms with van der Waals surface area (Å²) >= 11 is 0. The molecule has 0 spiro atoms. The molecule has 20 heavy (non-hydrogen) atoms. The first-order valence-electron chi connectivity index (χ1n) is 8.63. The lowest BCUT2D eigenvalue weighted by Gasteiger charge is -2.27. The Hall–Kier alpha value is -0.820. The lowest BCUT2D eigenvalue weighted by atomic mass is 9.81. The Labute approximate surface area is 124 Å². The molecule has 0 heterocycles. The highest BCUT2D eigenvalue weighted by atomic mass is 14.9. The van der Waals surface area contributed by atoms with Gasteiger partial charge in [0, 0.05) is 12.6 Å². The molecule has 2 saturated carbocycles. The molecule has 1 aromatic carbocycles. The summed E-state index contributed by atoms with van der Waals surface area (Å²) in [6.45, 7) is 3.42. The molecular weight excluding hydrogens is 242 g/mol. The van der Waals surface area contributed by atoms with E-state index in [1.54, 1.807) is 5.56 Å². The number of hydrogen-bond acceptors (Lipinski definition) is 1. The quantitative estimate of drug-likeness (QED) is 0.758. The van der Waals surface area contributed by atoms with Crippen LogP contribution in [0.1, 0.15) is 68.4 Å². The molecule has 0 aromatic heterocycles. The van der Waals surface area contributed by atoms with E-state index in [0.29, 0.717) is 0 Å². The zero-order valence-corrected chi connectivity index (χ0v) is 12.9. The van der Waals surface area contributed by atoms with E-state index in [1.807, 2.05) is 0 Å². The van der Waals surface area contributed by atoms with Crippen molar-refractivity contribution in [3.8, 4) is 0 Å². The number of nitrogens with one attached hydrogen (secondary N) is 1. The molecule has 1 heteroatoms. The largest absolute Gasteiger partial charge is 0.313 e. The van der Waals surface area contributed by atoms with Gasteiger partial charge in [-0.15, -0.1) is 0 Å². The third kappa shape index (κ3) is 3.85. The van der Waals surface area contributed by atoms with Gasteiger partial charge in [-0.1, -0.05) is 55.5 Å². The second-order valence-corrected chi connectivity index (χ2v) is 6.95. The van der Waals surface area contributed by atoms with Crippen LogP contribution in [0.2, 0.25) is 0 Å². The molecule has 0 radical (unpaired) electrons. The van der Waals surface area contributed by atoms with E-state index < -0.39 is 0 Å². The van der Waals surface area contributed by atoms with Crippen LogP contribution in [0.15, 0.2) is 24.3 Å². The average Bonchev–Trinajstić information content (AvgIpc) is 3.26. The molecule has 2 aliphatic rings. The maximum atomic E-state index is 3.79. The summed E-state index contributed by atoms with van der Waals surface area (Å²) in [5.74, 6) is 1.62. The molecule has 1 atom stereocenters. The molecule has 2 aliphatic carbocycles. The van der Waals surface area contributed by atoms with Crippen molar-refractivity contribution in [1.82, 2.24) is 5.32 Å². The van der Waals surface area contributed by atoms with Crippen molar-refractivity contribution in [2.45, 2.75) is 70.3 Å². The third-order valence-corrected chi connectivity index (χ3v) is 5.14. The summed E-state index contributed by atoms with van der Waals surface area (Å²) in [6.07, 6.45) is 11.4. The van der Waals surface area contributed by atoms with E-state index in [1.165, 1.54) is 63.5 Å². The van der Waals surface area contributed by atoms with Gasteiger partial charge >= 0.3 is 0 Å². The van der Waals surface area contributed by atoms with Crippen LogP contribution < -0.4 is 5.32 Å². The van der Waals surface area contributed by atoms with Crippen LogP contribution >= 0.6 is 0 Å². The Kier molecular flexibility index (Phi) is 4.77. The molecule has 1 N–H and O–H groups in total. The first-order valence-corrected chi connectivity index (χ1v) is 8.63. The van der Waals surface area contributed by atoms with Crippen molar-refractivity contribution in [1.29, 1.82) is 0 Å². The van der Waals surface area contributed by atoms with Gasteiger partial charge in [-0.05, 0) is 50.0 Å². The number of hydrogen-bond donors (Lipinski definition) is 1. The predicted octanol–water partition coefficient (Wildman–Crippen LogP) is 4.80. The minimum atomic E-state index is 0.730. The van der Waals surface area contributed by atoms with Gasteiger partial charge in [0.2, 0.25) is 0 Å². The van der Waals surface area contributed by atoms with Gasteiger partial charge in [0.25, 0.3) is 0 Å². The van der Waals surface area contributed by atoms with Crippen molar-refractivity contribution >= 4 is 0 Å². The fraction of sp³-hybridized carbons (Fsp3) is 0.684. The Morgan fingerprint density at radius 1 is 1.05 bits per heavy atom. The van der Waals surface area contributed by atoms with Crippen LogP contribution in [0.25, 0.3) is 0 Å². The minimum Gasteiger partial charge on any atom is -0.313 e. The Morgan fingerprint density at radius 2 is 1.80 bits per heavy atom. The van der Waals surface area contributed by atoms with Gasteiger partial charge in [0.15, 0.2) is 0 Å². The smallest absolute Gasteiger partial charge is 0.00684 e. The highest BCUT2D eigenvalue weighted by Crippen LogP contribution is 2.35. The molecule has 1 unspecified atom stereocenters. The number of benzene rings is 1. The van der Waals surface area contributed by atoms with Crippen molar-refractivity contribution in [2.24, 2.45) is 5.92 Å².